The van der Waals surface area contributed by atoms with Gasteiger partial charge in [0.05, 0.1) is 9.40 Å². The number of nitrogens with one attached hydrogen (secondary N) is 1. The number of rotatable bonds is 4. The standard InChI is InChI=1S/C13H10BrFN2O3/c14-10-3-1-2-8(13(10)18)7-16-11-6-9(15)4-5-12(11)17(19)20/h1-6,16,18H,7H2. The molecule has 0 saturated heterocycles. The van der Waals surface area contributed by atoms with E-state index >= 15 is 0 Å². The summed E-state index contributed by atoms with van der Waals surface area (Å²) in [6.07, 6.45) is 0. The number of benzene rings is 2. The molecule has 0 fully saturated rings. The Hall–Kier alpha value is -2.15. The van der Waals surface area contributed by atoms with Gasteiger partial charge in [0.1, 0.15) is 17.3 Å². The molecule has 2 aromatic rings. The fourth-order valence-electron chi connectivity index (χ4n) is 1.70. The molecule has 0 unspecified atom stereocenters. The summed E-state index contributed by atoms with van der Waals surface area (Å²) in [5.74, 6) is -0.532. The number of halogens is 2. The Labute approximate surface area is 122 Å². The molecule has 5 nitrogen and oxygen atoms in total. The maximum absolute atomic E-state index is 13.2. The van der Waals surface area contributed by atoms with Gasteiger partial charge >= 0.3 is 0 Å². The molecule has 0 bridgehead atoms. The second kappa shape index (κ2) is 5.87. The van der Waals surface area contributed by atoms with E-state index in [2.05, 4.69) is 21.2 Å². The van der Waals surface area contributed by atoms with Crippen molar-refractivity contribution in [2.75, 3.05) is 5.32 Å². The maximum atomic E-state index is 13.2. The average Bonchev–Trinajstić information content (AvgIpc) is 2.40. The highest BCUT2D eigenvalue weighted by atomic mass is 79.9. The molecule has 2 N–H and O–H groups in total. The molecule has 0 aromatic heterocycles. The van der Waals surface area contributed by atoms with E-state index in [4.69, 9.17) is 0 Å². The van der Waals surface area contributed by atoms with Crippen molar-refractivity contribution in [3.05, 3.63) is 62.4 Å². The lowest BCUT2D eigenvalue weighted by Gasteiger charge is -2.09. The minimum Gasteiger partial charge on any atom is -0.506 e. The molecule has 7 heteroatoms. The normalized spacial score (nSPS) is 10.3. The molecule has 0 heterocycles. The van der Waals surface area contributed by atoms with Crippen molar-refractivity contribution in [1.82, 2.24) is 0 Å². The zero-order chi connectivity index (χ0) is 14.7. The van der Waals surface area contributed by atoms with Gasteiger partial charge in [-0.3, -0.25) is 10.1 Å². The number of phenolic OH excluding ortho intramolecular Hbond substituents is 1. The van der Waals surface area contributed by atoms with Gasteiger partial charge in [-0.2, -0.15) is 0 Å². The van der Waals surface area contributed by atoms with Gasteiger partial charge in [0, 0.05) is 24.2 Å². The number of phenols is 1. The highest BCUT2D eigenvalue weighted by molar-refractivity contribution is 9.10. The van der Waals surface area contributed by atoms with E-state index in [0.29, 0.717) is 10.0 Å². The quantitative estimate of drug-likeness (QED) is 0.655. The molecule has 0 amide bonds. The van der Waals surface area contributed by atoms with Crippen LogP contribution in [0.15, 0.2) is 40.9 Å². The van der Waals surface area contributed by atoms with Crippen LogP contribution >= 0.6 is 15.9 Å². The van der Waals surface area contributed by atoms with E-state index in [9.17, 15) is 19.6 Å². The van der Waals surface area contributed by atoms with Crippen LogP contribution in [0.1, 0.15) is 5.56 Å². The summed E-state index contributed by atoms with van der Waals surface area (Å²) in [5.41, 5.74) is 0.383. The van der Waals surface area contributed by atoms with Crippen LogP contribution in [0, 0.1) is 15.9 Å². The minimum atomic E-state index is -0.595. The second-order valence-electron chi connectivity index (χ2n) is 4.02. The lowest BCUT2D eigenvalue weighted by Crippen LogP contribution is -2.03. The maximum Gasteiger partial charge on any atom is 0.292 e. The van der Waals surface area contributed by atoms with Crippen molar-refractivity contribution in [1.29, 1.82) is 0 Å². The van der Waals surface area contributed by atoms with Crippen LogP contribution < -0.4 is 5.32 Å². The molecule has 0 saturated carbocycles. The van der Waals surface area contributed by atoms with Gasteiger partial charge in [-0.05, 0) is 28.1 Å². The van der Waals surface area contributed by atoms with Crippen molar-refractivity contribution in [2.45, 2.75) is 6.54 Å². The van der Waals surface area contributed by atoms with Crippen LogP contribution in [-0.4, -0.2) is 10.0 Å². The second-order valence-corrected chi connectivity index (χ2v) is 4.87. The number of nitro groups is 1. The molecule has 2 rings (SSSR count). The highest BCUT2D eigenvalue weighted by Crippen LogP contribution is 2.30. The molecule has 0 atom stereocenters. The molecule has 0 aliphatic carbocycles. The molecule has 0 radical (unpaired) electrons. The Bertz CT molecular complexity index is 664. The van der Waals surface area contributed by atoms with Crippen molar-refractivity contribution in [3.8, 4) is 5.75 Å². The molecule has 0 aliphatic rings. The SMILES string of the molecule is O=[N+]([O-])c1ccc(F)cc1NCc1cccc(Br)c1O. The Balaban J connectivity index is 2.24. The van der Waals surface area contributed by atoms with Gasteiger partial charge in [0.15, 0.2) is 0 Å². The van der Waals surface area contributed by atoms with Crippen molar-refractivity contribution >= 4 is 27.3 Å². The van der Waals surface area contributed by atoms with E-state index in [1.165, 1.54) is 0 Å². The van der Waals surface area contributed by atoms with E-state index in [0.717, 1.165) is 18.2 Å². The number of para-hydroxylation sites is 1. The van der Waals surface area contributed by atoms with Gasteiger partial charge in [-0.15, -0.1) is 0 Å². The van der Waals surface area contributed by atoms with Gasteiger partial charge in [-0.25, -0.2) is 4.39 Å². The third-order valence-corrected chi connectivity index (χ3v) is 3.33. The lowest BCUT2D eigenvalue weighted by molar-refractivity contribution is -0.384. The fraction of sp³-hybridized carbons (Fsp3) is 0.0769. The predicted molar refractivity (Wildman–Crippen MR) is 76.2 cm³/mol. The Kier molecular flexibility index (Phi) is 4.19. The number of aromatic hydroxyl groups is 1. The summed E-state index contributed by atoms with van der Waals surface area (Å²) in [6, 6.07) is 8.23. The van der Waals surface area contributed by atoms with Crippen LogP contribution in [0.25, 0.3) is 0 Å². The zero-order valence-electron chi connectivity index (χ0n) is 10.1. The van der Waals surface area contributed by atoms with Crippen LogP contribution in [0.4, 0.5) is 15.8 Å². The van der Waals surface area contributed by atoms with E-state index in [1.807, 2.05) is 0 Å². The van der Waals surface area contributed by atoms with Crippen LogP contribution in [-0.2, 0) is 6.54 Å². The topological polar surface area (TPSA) is 75.4 Å². The smallest absolute Gasteiger partial charge is 0.292 e. The summed E-state index contributed by atoms with van der Waals surface area (Å²) in [6.45, 7) is 0.134. The number of hydrogen-bond acceptors (Lipinski definition) is 4. The first-order valence-electron chi connectivity index (χ1n) is 5.63. The summed E-state index contributed by atoms with van der Waals surface area (Å²) in [5, 5.41) is 23.4. The van der Waals surface area contributed by atoms with Crippen LogP contribution in [0.5, 0.6) is 5.75 Å². The van der Waals surface area contributed by atoms with Crippen molar-refractivity contribution in [2.24, 2.45) is 0 Å². The van der Waals surface area contributed by atoms with Gasteiger partial charge in [-0.1, -0.05) is 12.1 Å². The summed E-state index contributed by atoms with van der Waals surface area (Å²) in [4.78, 5) is 10.3. The van der Waals surface area contributed by atoms with E-state index in [-0.39, 0.29) is 23.7 Å². The number of anilines is 1. The lowest BCUT2D eigenvalue weighted by atomic mass is 10.2. The van der Waals surface area contributed by atoms with Gasteiger partial charge < -0.3 is 10.4 Å². The molecule has 20 heavy (non-hydrogen) atoms. The summed E-state index contributed by atoms with van der Waals surface area (Å²) >= 11 is 3.18. The third kappa shape index (κ3) is 3.05. The largest absolute Gasteiger partial charge is 0.506 e. The highest BCUT2D eigenvalue weighted by Gasteiger charge is 2.14. The van der Waals surface area contributed by atoms with Crippen LogP contribution in [0.2, 0.25) is 0 Å². The Morgan fingerprint density at radius 2 is 2.10 bits per heavy atom. The summed E-state index contributed by atoms with van der Waals surface area (Å²) in [7, 11) is 0. The van der Waals surface area contributed by atoms with Gasteiger partial charge in [0.2, 0.25) is 0 Å². The van der Waals surface area contributed by atoms with Gasteiger partial charge in [0.25, 0.3) is 5.69 Å². The predicted octanol–water partition coefficient (Wildman–Crippen LogP) is 3.81. The monoisotopic (exact) mass is 340 g/mol. The first-order chi connectivity index (χ1) is 9.49. The van der Waals surface area contributed by atoms with Crippen molar-refractivity contribution < 1.29 is 14.4 Å². The van der Waals surface area contributed by atoms with Crippen LogP contribution in [0.3, 0.4) is 0 Å². The van der Waals surface area contributed by atoms with Crippen molar-refractivity contribution in [3.63, 3.8) is 0 Å². The number of hydrogen-bond donors (Lipinski definition) is 2. The summed E-state index contributed by atoms with van der Waals surface area (Å²) < 4.78 is 13.7. The van der Waals surface area contributed by atoms with E-state index in [1.54, 1.807) is 18.2 Å². The molecule has 2 aromatic carbocycles. The fourth-order valence-corrected chi connectivity index (χ4v) is 2.11. The molecular weight excluding hydrogens is 331 g/mol. The molecule has 104 valence electrons. The third-order valence-electron chi connectivity index (χ3n) is 2.69. The zero-order valence-corrected chi connectivity index (χ0v) is 11.7. The first kappa shape index (κ1) is 14.3. The molecular formula is C13H10BrFN2O3. The minimum absolute atomic E-state index is 0.0408. The molecule has 0 spiro atoms. The molecule has 0 aliphatic heterocycles. The first-order valence-corrected chi connectivity index (χ1v) is 6.42. The Morgan fingerprint density at radius 1 is 1.35 bits per heavy atom. The number of nitrogens with zero attached hydrogens (tertiary/aromatic N) is 1. The Morgan fingerprint density at radius 3 is 2.80 bits per heavy atom. The average molecular weight is 341 g/mol. The number of nitro benzene ring substituents is 1. The van der Waals surface area contributed by atoms with E-state index < -0.39 is 10.7 Å².